The fourth-order valence-corrected chi connectivity index (χ4v) is 2.40. The van der Waals surface area contributed by atoms with Crippen LogP contribution in [0.2, 0.25) is 0 Å². The van der Waals surface area contributed by atoms with Gasteiger partial charge < -0.3 is 9.84 Å². The Morgan fingerprint density at radius 1 is 1.40 bits per heavy atom. The van der Waals surface area contributed by atoms with E-state index in [0.29, 0.717) is 13.1 Å². The molecule has 0 aliphatic carbocycles. The number of carbonyl (C=O) groups excluding carboxylic acids is 1. The number of thiophene rings is 1. The monoisotopic (exact) mass is 288 g/mol. The van der Waals surface area contributed by atoms with Crippen LogP contribution in [0.1, 0.15) is 10.6 Å². The molecule has 20 heavy (non-hydrogen) atoms. The second-order valence-electron chi connectivity index (χ2n) is 4.11. The van der Waals surface area contributed by atoms with Gasteiger partial charge in [0, 0.05) is 29.8 Å². The highest BCUT2D eigenvalue weighted by atomic mass is 32.1. The van der Waals surface area contributed by atoms with Crippen LogP contribution in [0.3, 0.4) is 0 Å². The van der Waals surface area contributed by atoms with Crippen molar-refractivity contribution in [1.29, 1.82) is 0 Å². The van der Waals surface area contributed by atoms with Crippen LogP contribution in [0.15, 0.2) is 45.9 Å². The Labute approximate surface area is 119 Å². The van der Waals surface area contributed by atoms with Crippen LogP contribution in [0.5, 0.6) is 0 Å². The maximum Gasteiger partial charge on any atom is 0.289 e. The molecule has 6 nitrogen and oxygen atoms in total. The van der Waals surface area contributed by atoms with Crippen LogP contribution >= 0.6 is 11.3 Å². The van der Waals surface area contributed by atoms with E-state index in [2.05, 4.69) is 21.0 Å². The molecule has 0 saturated heterocycles. The molecule has 0 bridgehead atoms. The Balaban J connectivity index is 1.53. The fourth-order valence-electron chi connectivity index (χ4n) is 1.75. The first kappa shape index (κ1) is 12.6. The van der Waals surface area contributed by atoms with E-state index in [1.165, 1.54) is 12.3 Å². The number of hydrogen-bond acceptors (Lipinski definition) is 5. The normalized spacial score (nSPS) is 10.6. The minimum Gasteiger partial charge on any atom is -0.351 e. The minimum atomic E-state index is -0.271. The largest absolute Gasteiger partial charge is 0.351 e. The number of hydrogen-bond donors (Lipinski definition) is 1. The van der Waals surface area contributed by atoms with Gasteiger partial charge in [0.25, 0.3) is 5.91 Å². The Hall–Kier alpha value is -2.41. The summed E-state index contributed by atoms with van der Waals surface area (Å²) in [7, 11) is 0. The summed E-state index contributed by atoms with van der Waals surface area (Å²) >= 11 is 1.64. The molecule has 3 aromatic rings. The lowest BCUT2D eigenvalue weighted by Crippen LogP contribution is -2.27. The maximum atomic E-state index is 11.6. The summed E-state index contributed by atoms with van der Waals surface area (Å²) in [4.78, 5) is 11.6. The second-order valence-corrected chi connectivity index (χ2v) is 4.89. The van der Waals surface area contributed by atoms with E-state index < -0.39 is 0 Å². The van der Waals surface area contributed by atoms with Gasteiger partial charge in [-0.15, -0.1) is 0 Å². The van der Waals surface area contributed by atoms with Gasteiger partial charge in [-0.05, 0) is 17.5 Å². The van der Waals surface area contributed by atoms with Crippen molar-refractivity contribution in [1.82, 2.24) is 20.3 Å². The van der Waals surface area contributed by atoms with E-state index in [-0.39, 0.29) is 11.7 Å². The third-order valence-electron chi connectivity index (χ3n) is 2.75. The van der Waals surface area contributed by atoms with Crippen molar-refractivity contribution in [2.24, 2.45) is 0 Å². The molecule has 0 aliphatic rings. The lowest BCUT2D eigenvalue weighted by Gasteiger charge is -2.03. The van der Waals surface area contributed by atoms with Crippen LogP contribution in [0.4, 0.5) is 0 Å². The highest BCUT2D eigenvalue weighted by Gasteiger charge is 2.08. The lowest BCUT2D eigenvalue weighted by molar-refractivity contribution is 0.0915. The van der Waals surface area contributed by atoms with Crippen LogP contribution < -0.4 is 5.32 Å². The molecular formula is C13H12N4O2S. The van der Waals surface area contributed by atoms with Gasteiger partial charge in [0.05, 0.1) is 18.4 Å². The third kappa shape index (κ3) is 2.77. The summed E-state index contributed by atoms with van der Waals surface area (Å²) in [5, 5.41) is 14.8. The van der Waals surface area contributed by atoms with Crippen LogP contribution in [0.25, 0.3) is 11.3 Å². The van der Waals surface area contributed by atoms with Gasteiger partial charge in [-0.25, -0.2) is 0 Å². The Kier molecular flexibility index (Phi) is 3.60. The molecule has 1 amide bonds. The molecule has 0 radical (unpaired) electrons. The van der Waals surface area contributed by atoms with E-state index in [1.54, 1.807) is 16.0 Å². The average Bonchev–Trinajstić information content (AvgIpc) is 3.20. The van der Waals surface area contributed by atoms with E-state index in [0.717, 1.165) is 11.3 Å². The Morgan fingerprint density at radius 3 is 3.10 bits per heavy atom. The van der Waals surface area contributed by atoms with Crippen molar-refractivity contribution in [3.63, 3.8) is 0 Å². The molecule has 0 spiro atoms. The third-order valence-corrected chi connectivity index (χ3v) is 3.43. The molecule has 0 unspecified atom stereocenters. The van der Waals surface area contributed by atoms with Crippen LogP contribution in [0, 0.1) is 0 Å². The Bertz CT molecular complexity index is 673. The zero-order valence-electron chi connectivity index (χ0n) is 10.5. The predicted octanol–water partition coefficient (Wildman–Crippen LogP) is 2.03. The molecular weight excluding hydrogens is 276 g/mol. The second kappa shape index (κ2) is 5.70. The van der Waals surface area contributed by atoms with E-state index in [1.807, 2.05) is 23.7 Å². The van der Waals surface area contributed by atoms with Crippen molar-refractivity contribution in [2.75, 3.05) is 6.54 Å². The molecule has 3 heterocycles. The van der Waals surface area contributed by atoms with Gasteiger partial charge in [-0.2, -0.15) is 16.4 Å². The molecule has 3 rings (SSSR count). The quantitative estimate of drug-likeness (QED) is 0.779. The number of rotatable bonds is 5. The molecule has 0 fully saturated rings. The molecule has 0 aromatic carbocycles. The minimum absolute atomic E-state index is 0.212. The molecule has 3 aromatic heterocycles. The predicted molar refractivity (Wildman–Crippen MR) is 74.4 cm³/mol. The summed E-state index contributed by atoms with van der Waals surface area (Å²) in [6, 6.07) is 5.52. The van der Waals surface area contributed by atoms with Gasteiger partial charge in [-0.3, -0.25) is 9.48 Å². The molecule has 0 aliphatic heterocycles. The standard InChI is InChI=1S/C13H12N4O2S/c18-13(12-1-4-15-19-12)14-5-7-17-6-2-11(16-17)10-3-8-20-9-10/h1-4,6,8-9H,5,7H2,(H,14,18). The molecule has 102 valence electrons. The van der Waals surface area contributed by atoms with Gasteiger partial charge in [0.1, 0.15) is 0 Å². The molecule has 0 saturated carbocycles. The van der Waals surface area contributed by atoms with Crippen LogP contribution in [-0.2, 0) is 6.54 Å². The number of carbonyl (C=O) groups is 1. The summed E-state index contributed by atoms with van der Waals surface area (Å²) in [6.07, 6.45) is 3.34. The van der Waals surface area contributed by atoms with Gasteiger partial charge >= 0.3 is 0 Å². The van der Waals surface area contributed by atoms with Crippen molar-refractivity contribution in [2.45, 2.75) is 6.54 Å². The summed E-state index contributed by atoms with van der Waals surface area (Å²) in [5.41, 5.74) is 2.05. The number of aromatic nitrogens is 3. The maximum absolute atomic E-state index is 11.6. The van der Waals surface area contributed by atoms with Crippen molar-refractivity contribution in [3.8, 4) is 11.3 Å². The average molecular weight is 288 g/mol. The number of nitrogens with zero attached hydrogens (tertiary/aromatic N) is 3. The fraction of sp³-hybridized carbons (Fsp3) is 0.154. The SMILES string of the molecule is O=C(NCCn1ccc(-c2ccsc2)n1)c1ccno1. The zero-order chi connectivity index (χ0) is 13.8. The first-order chi connectivity index (χ1) is 9.83. The van der Waals surface area contributed by atoms with Crippen LogP contribution in [-0.4, -0.2) is 27.4 Å². The summed E-state index contributed by atoms with van der Waals surface area (Å²) in [5.74, 6) is -0.0582. The topological polar surface area (TPSA) is 73.0 Å². The van der Waals surface area contributed by atoms with Crippen molar-refractivity contribution < 1.29 is 9.32 Å². The van der Waals surface area contributed by atoms with E-state index in [4.69, 9.17) is 4.52 Å². The van der Waals surface area contributed by atoms with E-state index in [9.17, 15) is 4.79 Å². The zero-order valence-corrected chi connectivity index (χ0v) is 11.3. The lowest BCUT2D eigenvalue weighted by atomic mass is 10.2. The van der Waals surface area contributed by atoms with Gasteiger partial charge in [-0.1, -0.05) is 5.16 Å². The smallest absolute Gasteiger partial charge is 0.289 e. The van der Waals surface area contributed by atoms with Crippen molar-refractivity contribution in [3.05, 3.63) is 47.1 Å². The summed E-state index contributed by atoms with van der Waals surface area (Å²) in [6.45, 7) is 1.08. The van der Waals surface area contributed by atoms with Crippen molar-refractivity contribution >= 4 is 17.2 Å². The summed E-state index contributed by atoms with van der Waals surface area (Å²) < 4.78 is 6.57. The Morgan fingerprint density at radius 2 is 2.35 bits per heavy atom. The first-order valence-corrected chi connectivity index (χ1v) is 7.02. The first-order valence-electron chi connectivity index (χ1n) is 6.08. The molecule has 1 N–H and O–H groups in total. The highest BCUT2D eigenvalue weighted by Crippen LogP contribution is 2.19. The van der Waals surface area contributed by atoms with Gasteiger partial charge in [0.2, 0.25) is 5.76 Å². The van der Waals surface area contributed by atoms with E-state index >= 15 is 0 Å². The number of nitrogens with one attached hydrogen (secondary N) is 1. The molecule has 0 atom stereocenters. The molecule has 7 heteroatoms. The highest BCUT2D eigenvalue weighted by molar-refractivity contribution is 7.08. The van der Waals surface area contributed by atoms with Gasteiger partial charge in [0.15, 0.2) is 0 Å². The number of amides is 1.